The van der Waals surface area contributed by atoms with Crippen molar-refractivity contribution in [2.75, 3.05) is 23.5 Å². The third kappa shape index (κ3) is 4.21. The molecule has 9 heteroatoms. The van der Waals surface area contributed by atoms with Crippen molar-refractivity contribution in [2.24, 2.45) is 0 Å². The van der Waals surface area contributed by atoms with Gasteiger partial charge in [0.15, 0.2) is 9.84 Å². The van der Waals surface area contributed by atoms with Crippen LogP contribution in [0.1, 0.15) is 10.4 Å². The Labute approximate surface area is 110 Å². The first-order valence-corrected chi connectivity index (χ1v) is 8.77. The molecular formula is C10H13NO6S2. The van der Waals surface area contributed by atoms with Gasteiger partial charge in [-0.05, 0) is 18.2 Å². The highest BCUT2D eigenvalue weighted by Crippen LogP contribution is 2.19. The summed E-state index contributed by atoms with van der Waals surface area (Å²) in [6.45, 7) is 0. The molecule has 1 rings (SSSR count). The van der Waals surface area contributed by atoms with Gasteiger partial charge in [0.2, 0.25) is 0 Å². The zero-order valence-electron chi connectivity index (χ0n) is 10.0. The Morgan fingerprint density at radius 2 is 1.79 bits per heavy atom. The Hall–Kier alpha value is -1.61. The number of carbonyl (C=O) groups is 1. The lowest BCUT2D eigenvalue weighted by Crippen LogP contribution is -2.17. The summed E-state index contributed by atoms with van der Waals surface area (Å²) >= 11 is 0. The van der Waals surface area contributed by atoms with Crippen LogP contribution in [0.25, 0.3) is 0 Å². The highest BCUT2D eigenvalue weighted by molar-refractivity contribution is 7.94. The second-order valence-corrected chi connectivity index (χ2v) is 8.37. The molecule has 0 radical (unpaired) electrons. The molecule has 1 aromatic carbocycles. The number of anilines is 1. The molecule has 0 saturated heterocycles. The highest BCUT2D eigenvalue weighted by Gasteiger charge is 2.20. The van der Waals surface area contributed by atoms with Gasteiger partial charge in [-0.3, -0.25) is 0 Å². The standard InChI is InChI=1S/C10H13NO6S2/c1-18(14,15)4-5-19(16,17)7-2-3-9(11)8(6-7)10(12)13/h2-3,6H,4-5,11H2,1H3,(H,12,13). The Bertz CT molecular complexity index is 706. The highest BCUT2D eigenvalue weighted by atomic mass is 32.2. The molecule has 0 bridgehead atoms. The molecule has 0 atom stereocenters. The normalized spacial score (nSPS) is 12.3. The van der Waals surface area contributed by atoms with Gasteiger partial charge < -0.3 is 10.8 Å². The van der Waals surface area contributed by atoms with Gasteiger partial charge in [-0.1, -0.05) is 0 Å². The van der Waals surface area contributed by atoms with Crippen LogP contribution in [0.2, 0.25) is 0 Å². The fourth-order valence-corrected chi connectivity index (χ4v) is 4.19. The number of hydrogen-bond donors (Lipinski definition) is 2. The lowest BCUT2D eigenvalue weighted by molar-refractivity contribution is 0.0697. The van der Waals surface area contributed by atoms with Crippen LogP contribution in [0.15, 0.2) is 23.1 Å². The molecule has 0 aliphatic rings. The molecule has 106 valence electrons. The van der Waals surface area contributed by atoms with E-state index in [1.165, 1.54) is 0 Å². The van der Waals surface area contributed by atoms with Crippen molar-refractivity contribution in [2.45, 2.75) is 4.90 Å². The molecule has 0 aliphatic carbocycles. The van der Waals surface area contributed by atoms with Crippen LogP contribution >= 0.6 is 0 Å². The van der Waals surface area contributed by atoms with E-state index in [1.807, 2.05) is 0 Å². The van der Waals surface area contributed by atoms with E-state index in [0.717, 1.165) is 24.5 Å². The van der Waals surface area contributed by atoms with E-state index in [-0.39, 0.29) is 16.1 Å². The summed E-state index contributed by atoms with van der Waals surface area (Å²) < 4.78 is 45.7. The summed E-state index contributed by atoms with van der Waals surface area (Å²) in [7, 11) is -7.28. The monoisotopic (exact) mass is 307 g/mol. The van der Waals surface area contributed by atoms with Gasteiger partial charge in [0, 0.05) is 11.9 Å². The average molecular weight is 307 g/mol. The van der Waals surface area contributed by atoms with Crippen molar-refractivity contribution in [3.05, 3.63) is 23.8 Å². The first-order valence-electron chi connectivity index (χ1n) is 5.06. The third-order valence-corrected chi connectivity index (χ3v) is 5.26. The van der Waals surface area contributed by atoms with Crippen molar-refractivity contribution >= 4 is 31.3 Å². The molecule has 0 amide bonds. The molecule has 0 saturated carbocycles. The van der Waals surface area contributed by atoms with E-state index < -0.39 is 37.1 Å². The molecule has 19 heavy (non-hydrogen) atoms. The van der Waals surface area contributed by atoms with Gasteiger partial charge in [0.05, 0.1) is 22.0 Å². The van der Waals surface area contributed by atoms with Crippen LogP contribution in [0.4, 0.5) is 5.69 Å². The van der Waals surface area contributed by atoms with E-state index in [1.54, 1.807) is 0 Å². The summed E-state index contributed by atoms with van der Waals surface area (Å²) in [5.74, 6) is -2.48. The van der Waals surface area contributed by atoms with Gasteiger partial charge in [-0.25, -0.2) is 21.6 Å². The predicted octanol–water partition coefficient (Wildman–Crippen LogP) is -0.215. The van der Waals surface area contributed by atoms with Crippen LogP contribution in [-0.4, -0.2) is 45.7 Å². The second kappa shape index (κ2) is 5.17. The predicted molar refractivity (Wildman–Crippen MR) is 69.6 cm³/mol. The zero-order chi connectivity index (χ0) is 14.8. The fraction of sp³-hybridized carbons (Fsp3) is 0.300. The summed E-state index contributed by atoms with van der Waals surface area (Å²) in [6.07, 6.45) is 0.925. The number of nitrogen functional groups attached to an aromatic ring is 1. The Kier molecular flexibility index (Phi) is 4.21. The maximum absolute atomic E-state index is 11.9. The van der Waals surface area contributed by atoms with E-state index >= 15 is 0 Å². The van der Waals surface area contributed by atoms with Gasteiger partial charge in [0.1, 0.15) is 9.84 Å². The summed E-state index contributed by atoms with van der Waals surface area (Å²) in [5.41, 5.74) is 5.01. The maximum Gasteiger partial charge on any atom is 0.337 e. The first-order chi connectivity index (χ1) is 8.53. The van der Waals surface area contributed by atoms with Crippen LogP contribution in [0, 0.1) is 0 Å². The Morgan fingerprint density at radius 3 is 2.26 bits per heavy atom. The first kappa shape index (κ1) is 15.4. The minimum absolute atomic E-state index is 0.0606. The molecular weight excluding hydrogens is 294 g/mol. The summed E-state index contributed by atoms with van der Waals surface area (Å²) in [6, 6.07) is 3.24. The van der Waals surface area contributed by atoms with Crippen molar-refractivity contribution < 1.29 is 26.7 Å². The number of hydrogen-bond acceptors (Lipinski definition) is 6. The number of rotatable bonds is 5. The smallest absolute Gasteiger partial charge is 0.337 e. The van der Waals surface area contributed by atoms with Crippen LogP contribution in [0.5, 0.6) is 0 Å². The third-order valence-electron chi connectivity index (χ3n) is 2.34. The Morgan fingerprint density at radius 1 is 1.21 bits per heavy atom. The Balaban J connectivity index is 3.16. The SMILES string of the molecule is CS(=O)(=O)CCS(=O)(=O)c1ccc(N)c(C(=O)O)c1. The lowest BCUT2D eigenvalue weighted by atomic mass is 10.2. The largest absolute Gasteiger partial charge is 0.478 e. The fourth-order valence-electron chi connectivity index (χ4n) is 1.29. The van der Waals surface area contributed by atoms with Gasteiger partial charge in [-0.2, -0.15) is 0 Å². The molecule has 7 nitrogen and oxygen atoms in total. The van der Waals surface area contributed by atoms with Gasteiger partial charge >= 0.3 is 5.97 Å². The van der Waals surface area contributed by atoms with Gasteiger partial charge in [0.25, 0.3) is 0 Å². The molecule has 1 aromatic rings. The zero-order valence-corrected chi connectivity index (χ0v) is 11.7. The molecule has 0 unspecified atom stereocenters. The second-order valence-electron chi connectivity index (χ2n) is 4.00. The number of carboxylic acid groups (broad SMARTS) is 1. The van der Waals surface area contributed by atoms with Gasteiger partial charge in [-0.15, -0.1) is 0 Å². The molecule has 0 aromatic heterocycles. The number of nitrogens with two attached hydrogens (primary N) is 1. The van der Waals surface area contributed by atoms with E-state index in [9.17, 15) is 21.6 Å². The minimum Gasteiger partial charge on any atom is -0.478 e. The van der Waals surface area contributed by atoms with Crippen molar-refractivity contribution in [3.8, 4) is 0 Å². The average Bonchev–Trinajstić information content (AvgIpc) is 2.25. The number of sulfone groups is 2. The number of benzene rings is 1. The van der Waals surface area contributed by atoms with Crippen LogP contribution in [0.3, 0.4) is 0 Å². The molecule has 3 N–H and O–H groups in total. The molecule has 0 fully saturated rings. The van der Waals surface area contributed by atoms with E-state index in [0.29, 0.717) is 0 Å². The van der Waals surface area contributed by atoms with E-state index in [2.05, 4.69) is 0 Å². The van der Waals surface area contributed by atoms with E-state index in [4.69, 9.17) is 10.8 Å². The maximum atomic E-state index is 11.9. The molecule has 0 heterocycles. The lowest BCUT2D eigenvalue weighted by Gasteiger charge is -2.06. The summed E-state index contributed by atoms with van der Waals surface area (Å²) in [5, 5.41) is 8.84. The number of carboxylic acids is 1. The quantitative estimate of drug-likeness (QED) is 0.719. The molecule has 0 aliphatic heterocycles. The minimum atomic E-state index is -3.86. The van der Waals surface area contributed by atoms with Crippen LogP contribution < -0.4 is 5.73 Å². The number of aromatic carboxylic acids is 1. The molecule has 0 spiro atoms. The topological polar surface area (TPSA) is 132 Å². The summed E-state index contributed by atoms with van der Waals surface area (Å²) in [4.78, 5) is 10.6. The van der Waals surface area contributed by atoms with Crippen molar-refractivity contribution in [1.82, 2.24) is 0 Å². The van der Waals surface area contributed by atoms with Crippen molar-refractivity contribution in [1.29, 1.82) is 0 Å². The van der Waals surface area contributed by atoms with Crippen molar-refractivity contribution in [3.63, 3.8) is 0 Å². The van der Waals surface area contributed by atoms with Crippen LogP contribution in [-0.2, 0) is 19.7 Å².